The number of piperidine rings is 1. The van der Waals surface area contributed by atoms with Crippen LogP contribution in [0.1, 0.15) is 49.2 Å². The molecule has 1 saturated heterocycles. The summed E-state index contributed by atoms with van der Waals surface area (Å²) in [7, 11) is 0. The Hall–Kier alpha value is -2.63. The molecule has 2 unspecified atom stereocenters. The van der Waals surface area contributed by atoms with Crippen molar-refractivity contribution in [2.24, 2.45) is 0 Å². The summed E-state index contributed by atoms with van der Waals surface area (Å²) in [5.41, 5.74) is 1.70. The minimum atomic E-state index is -0.997. The summed E-state index contributed by atoms with van der Waals surface area (Å²) in [6.07, 6.45) is 2.97. The molecule has 26 heavy (non-hydrogen) atoms. The predicted molar refractivity (Wildman–Crippen MR) is 97.9 cm³/mol. The average molecular weight is 356 g/mol. The van der Waals surface area contributed by atoms with E-state index in [1.807, 2.05) is 26.0 Å². The second-order valence-electron chi connectivity index (χ2n) is 7.01. The minimum absolute atomic E-state index is 0.122. The molecule has 1 fully saturated rings. The summed E-state index contributed by atoms with van der Waals surface area (Å²) in [6, 6.07) is 7.52. The van der Waals surface area contributed by atoms with E-state index in [1.165, 1.54) is 0 Å². The number of nitrogens with one attached hydrogen (secondary N) is 1. The Morgan fingerprint density at radius 3 is 2.50 bits per heavy atom. The number of amides is 1. The summed E-state index contributed by atoms with van der Waals surface area (Å²) in [4.78, 5) is 42.1. The first-order chi connectivity index (χ1) is 12.4. The minimum Gasteiger partial charge on any atom is -0.450 e. The lowest BCUT2D eigenvalue weighted by Gasteiger charge is -2.38. The number of Topliss-reactive ketones (excluding diaryl/α,β-unsaturated/α-hetero) is 1. The lowest BCUT2D eigenvalue weighted by Crippen LogP contribution is -2.49. The lowest BCUT2D eigenvalue weighted by molar-refractivity contribution is -0.151. The third-order valence-corrected chi connectivity index (χ3v) is 5.11. The normalized spacial score (nSPS) is 20.2. The van der Waals surface area contributed by atoms with Crippen LogP contribution in [0.2, 0.25) is 0 Å². The van der Waals surface area contributed by atoms with Gasteiger partial charge < -0.3 is 14.6 Å². The van der Waals surface area contributed by atoms with Gasteiger partial charge in [-0.05, 0) is 46.1 Å². The van der Waals surface area contributed by atoms with Gasteiger partial charge in [0.05, 0.1) is 5.56 Å². The summed E-state index contributed by atoms with van der Waals surface area (Å²) in [5, 5.41) is 0.677. The number of aromatic nitrogens is 1. The quantitative estimate of drug-likeness (QED) is 0.519. The fraction of sp³-hybridized carbons (Fsp3) is 0.450. The molecule has 0 bridgehead atoms. The second kappa shape index (κ2) is 7.32. The number of nitrogens with zero attached hydrogens (tertiary/aromatic N) is 1. The average Bonchev–Trinajstić information content (AvgIpc) is 2.94. The van der Waals surface area contributed by atoms with Crippen LogP contribution in [0, 0.1) is 6.92 Å². The first kappa shape index (κ1) is 18.2. The van der Waals surface area contributed by atoms with E-state index in [-0.39, 0.29) is 18.0 Å². The van der Waals surface area contributed by atoms with Crippen molar-refractivity contribution in [3.63, 3.8) is 0 Å². The molecular formula is C20H24N2O4. The zero-order valence-electron chi connectivity index (χ0n) is 15.4. The van der Waals surface area contributed by atoms with E-state index < -0.39 is 18.4 Å². The number of aromatic amines is 1. The van der Waals surface area contributed by atoms with Crippen LogP contribution in [0.3, 0.4) is 0 Å². The zero-order valence-corrected chi connectivity index (χ0v) is 15.4. The summed E-state index contributed by atoms with van der Waals surface area (Å²) in [6.45, 7) is 5.33. The monoisotopic (exact) mass is 356 g/mol. The van der Waals surface area contributed by atoms with E-state index in [9.17, 15) is 14.4 Å². The maximum absolute atomic E-state index is 12.5. The fourth-order valence-corrected chi connectivity index (χ4v) is 3.85. The second-order valence-corrected chi connectivity index (χ2v) is 7.01. The van der Waals surface area contributed by atoms with Gasteiger partial charge in [0.1, 0.15) is 0 Å². The lowest BCUT2D eigenvalue weighted by atomic mass is 9.97. The van der Waals surface area contributed by atoms with E-state index in [1.54, 1.807) is 24.0 Å². The molecule has 6 heteroatoms. The van der Waals surface area contributed by atoms with Gasteiger partial charge in [0, 0.05) is 28.7 Å². The molecule has 1 N–H and O–H groups in total. The standard InChI is InChI=1S/C20H24N2O4/c1-12-7-6-8-13(2)22(12)17(23)11-26-20(25)19(24)18-14(3)21-16-10-5-4-9-15(16)18/h4-5,9-10,12-13,21H,6-8,11H2,1-3H3. The molecule has 1 aromatic heterocycles. The molecule has 2 aromatic rings. The molecule has 0 radical (unpaired) electrons. The molecule has 0 aliphatic carbocycles. The summed E-state index contributed by atoms with van der Waals surface area (Å²) < 4.78 is 5.05. The highest BCUT2D eigenvalue weighted by atomic mass is 16.5. The van der Waals surface area contributed by atoms with Gasteiger partial charge in [-0.25, -0.2) is 4.79 Å². The van der Waals surface area contributed by atoms with Crippen LogP contribution in [0.15, 0.2) is 24.3 Å². The summed E-state index contributed by atoms with van der Waals surface area (Å²) >= 11 is 0. The van der Waals surface area contributed by atoms with Crippen LogP contribution in [-0.2, 0) is 14.3 Å². The number of hydrogen-bond acceptors (Lipinski definition) is 4. The molecule has 2 atom stereocenters. The molecule has 138 valence electrons. The van der Waals surface area contributed by atoms with Crippen molar-refractivity contribution >= 4 is 28.6 Å². The van der Waals surface area contributed by atoms with Gasteiger partial charge >= 0.3 is 5.97 Å². The highest BCUT2D eigenvalue weighted by molar-refractivity contribution is 6.43. The van der Waals surface area contributed by atoms with Crippen molar-refractivity contribution in [3.8, 4) is 0 Å². The van der Waals surface area contributed by atoms with E-state index in [4.69, 9.17) is 4.74 Å². The first-order valence-corrected chi connectivity index (χ1v) is 9.00. The van der Waals surface area contributed by atoms with Crippen LogP contribution in [0.4, 0.5) is 0 Å². The number of para-hydroxylation sites is 1. The highest BCUT2D eigenvalue weighted by Crippen LogP contribution is 2.24. The number of benzene rings is 1. The van der Waals surface area contributed by atoms with Crippen LogP contribution in [0.5, 0.6) is 0 Å². The van der Waals surface area contributed by atoms with Crippen molar-refractivity contribution in [1.29, 1.82) is 0 Å². The van der Waals surface area contributed by atoms with Crippen LogP contribution in [0.25, 0.3) is 10.9 Å². The number of likely N-dealkylation sites (tertiary alicyclic amines) is 1. The van der Waals surface area contributed by atoms with Crippen molar-refractivity contribution in [3.05, 3.63) is 35.5 Å². The molecule has 1 amide bonds. The molecule has 0 spiro atoms. The number of aryl methyl sites for hydroxylation is 1. The largest absolute Gasteiger partial charge is 0.450 e. The smallest absolute Gasteiger partial charge is 0.380 e. The molecule has 0 saturated carbocycles. The van der Waals surface area contributed by atoms with E-state index in [0.29, 0.717) is 16.6 Å². The van der Waals surface area contributed by atoms with E-state index >= 15 is 0 Å². The third kappa shape index (κ3) is 3.36. The highest BCUT2D eigenvalue weighted by Gasteiger charge is 2.30. The van der Waals surface area contributed by atoms with Crippen LogP contribution in [-0.4, -0.2) is 46.2 Å². The van der Waals surface area contributed by atoms with Gasteiger partial charge in [0.25, 0.3) is 11.7 Å². The number of rotatable bonds is 4. The van der Waals surface area contributed by atoms with Gasteiger partial charge in [-0.15, -0.1) is 0 Å². The fourth-order valence-electron chi connectivity index (χ4n) is 3.85. The van der Waals surface area contributed by atoms with E-state index in [2.05, 4.69) is 4.98 Å². The Morgan fingerprint density at radius 2 is 1.81 bits per heavy atom. The van der Waals surface area contributed by atoms with Crippen molar-refractivity contribution < 1.29 is 19.1 Å². The number of ether oxygens (including phenoxy) is 1. The van der Waals surface area contributed by atoms with Gasteiger partial charge in [-0.3, -0.25) is 9.59 Å². The molecule has 2 heterocycles. The Balaban J connectivity index is 1.69. The molecule has 3 rings (SSSR count). The van der Waals surface area contributed by atoms with Gasteiger partial charge in [0.15, 0.2) is 6.61 Å². The van der Waals surface area contributed by atoms with Gasteiger partial charge in [-0.2, -0.15) is 0 Å². The number of hydrogen-bond donors (Lipinski definition) is 1. The Labute approximate surface area is 152 Å². The molecule has 1 aromatic carbocycles. The molecule has 1 aliphatic rings. The van der Waals surface area contributed by atoms with Crippen LogP contribution >= 0.6 is 0 Å². The zero-order chi connectivity index (χ0) is 18.8. The molecule has 6 nitrogen and oxygen atoms in total. The Bertz CT molecular complexity index is 845. The third-order valence-electron chi connectivity index (χ3n) is 5.11. The van der Waals surface area contributed by atoms with Gasteiger partial charge in [-0.1, -0.05) is 18.2 Å². The Morgan fingerprint density at radius 1 is 1.15 bits per heavy atom. The number of carbonyl (C=O) groups is 3. The predicted octanol–water partition coefficient (Wildman–Crippen LogP) is 2.99. The van der Waals surface area contributed by atoms with Crippen molar-refractivity contribution in [2.45, 2.75) is 52.1 Å². The van der Waals surface area contributed by atoms with Crippen LogP contribution < -0.4 is 0 Å². The van der Waals surface area contributed by atoms with Crippen molar-refractivity contribution in [2.75, 3.05) is 6.61 Å². The summed E-state index contributed by atoms with van der Waals surface area (Å²) in [5.74, 6) is -1.97. The van der Waals surface area contributed by atoms with Crippen molar-refractivity contribution in [1.82, 2.24) is 9.88 Å². The SMILES string of the molecule is Cc1[nH]c2ccccc2c1C(=O)C(=O)OCC(=O)N1C(C)CCCC1C. The Kier molecular flexibility index (Phi) is 5.11. The maximum Gasteiger partial charge on any atom is 0.380 e. The van der Waals surface area contributed by atoms with Gasteiger partial charge in [0.2, 0.25) is 0 Å². The molecular weight excluding hydrogens is 332 g/mol. The number of fused-ring (bicyclic) bond motifs is 1. The number of carbonyl (C=O) groups excluding carboxylic acids is 3. The maximum atomic E-state index is 12.5. The van der Waals surface area contributed by atoms with E-state index in [0.717, 1.165) is 24.8 Å². The topological polar surface area (TPSA) is 79.5 Å². The number of H-pyrrole nitrogens is 1. The number of ketones is 1. The number of esters is 1. The first-order valence-electron chi connectivity index (χ1n) is 9.00. The molecule has 1 aliphatic heterocycles.